The van der Waals surface area contributed by atoms with Crippen molar-refractivity contribution in [3.63, 3.8) is 0 Å². The first-order valence-corrected chi connectivity index (χ1v) is 7.13. The average molecular weight is 269 g/mol. The summed E-state index contributed by atoms with van der Waals surface area (Å²) in [4.78, 5) is 4.59. The van der Waals surface area contributed by atoms with Gasteiger partial charge in [0.05, 0.1) is 5.52 Å². The fourth-order valence-electron chi connectivity index (χ4n) is 2.46. The highest BCUT2D eigenvalue weighted by Crippen LogP contribution is 2.24. The Morgan fingerprint density at radius 2 is 2.00 bits per heavy atom. The normalized spacial score (nSPS) is 11.3. The van der Waals surface area contributed by atoms with E-state index in [-0.39, 0.29) is 0 Å². The minimum atomic E-state index is 0.611. The van der Waals surface area contributed by atoms with Gasteiger partial charge in [0.2, 0.25) is 5.95 Å². The predicted octanol–water partition coefficient (Wildman–Crippen LogP) is 3.12. The van der Waals surface area contributed by atoms with Gasteiger partial charge in [-0.15, -0.1) is 10.2 Å². The first kappa shape index (κ1) is 12.8. The summed E-state index contributed by atoms with van der Waals surface area (Å²) in [5.41, 5.74) is 2.87. The maximum atomic E-state index is 4.59. The van der Waals surface area contributed by atoms with Crippen LogP contribution in [-0.4, -0.2) is 26.3 Å². The molecule has 0 bridgehead atoms. The molecule has 1 aromatic carbocycles. The number of anilines is 1. The van der Waals surface area contributed by atoms with Gasteiger partial charge in [-0.25, -0.2) is 0 Å². The summed E-state index contributed by atoms with van der Waals surface area (Å²) in [5, 5.41) is 12.9. The van der Waals surface area contributed by atoms with Crippen LogP contribution in [0.2, 0.25) is 0 Å². The van der Waals surface area contributed by atoms with E-state index in [2.05, 4.69) is 44.1 Å². The van der Waals surface area contributed by atoms with E-state index in [0.29, 0.717) is 5.95 Å². The summed E-state index contributed by atoms with van der Waals surface area (Å²) in [6.45, 7) is 3.09. The molecule has 1 N–H and O–H groups in total. The van der Waals surface area contributed by atoms with E-state index in [1.807, 2.05) is 19.2 Å². The van der Waals surface area contributed by atoms with E-state index in [1.54, 1.807) is 0 Å². The van der Waals surface area contributed by atoms with Crippen molar-refractivity contribution in [1.29, 1.82) is 0 Å². The van der Waals surface area contributed by atoms with Gasteiger partial charge in [0.15, 0.2) is 5.65 Å². The molecule has 0 atom stereocenters. The number of hydrogen-bond donors (Lipinski definition) is 1. The van der Waals surface area contributed by atoms with Gasteiger partial charge < -0.3 is 9.88 Å². The standard InChI is InChI=1S/C15H19N5/c1-3-4-7-10-16-15-17-14-13(18-19-15)11-8-5-6-9-12(11)20(14)2/h5-6,8-9H,3-4,7,10H2,1-2H3,(H,16,17,19). The van der Waals surface area contributed by atoms with E-state index in [0.717, 1.165) is 35.0 Å². The lowest BCUT2D eigenvalue weighted by atomic mass is 10.2. The molecule has 0 saturated heterocycles. The first-order chi connectivity index (χ1) is 9.81. The topological polar surface area (TPSA) is 55.6 Å². The molecule has 20 heavy (non-hydrogen) atoms. The molecule has 0 amide bonds. The molecular formula is C15H19N5. The number of aryl methyl sites for hydroxylation is 1. The van der Waals surface area contributed by atoms with Crippen molar-refractivity contribution in [2.24, 2.45) is 7.05 Å². The fourth-order valence-corrected chi connectivity index (χ4v) is 2.46. The Bertz CT molecular complexity index is 732. The molecule has 0 fully saturated rings. The molecule has 2 aromatic heterocycles. The summed E-state index contributed by atoms with van der Waals surface area (Å²) in [6.07, 6.45) is 3.56. The Kier molecular flexibility index (Phi) is 3.50. The number of rotatable bonds is 5. The third kappa shape index (κ3) is 2.19. The van der Waals surface area contributed by atoms with Gasteiger partial charge in [0.1, 0.15) is 5.52 Å². The van der Waals surface area contributed by atoms with Gasteiger partial charge in [-0.05, 0) is 12.5 Å². The Balaban J connectivity index is 1.95. The zero-order chi connectivity index (χ0) is 13.9. The molecule has 104 valence electrons. The highest BCUT2D eigenvalue weighted by atomic mass is 15.3. The smallest absolute Gasteiger partial charge is 0.244 e. The summed E-state index contributed by atoms with van der Waals surface area (Å²) in [6, 6.07) is 8.17. The lowest BCUT2D eigenvalue weighted by Crippen LogP contribution is -2.07. The Labute approximate surface area is 118 Å². The van der Waals surface area contributed by atoms with Crippen molar-refractivity contribution in [3.05, 3.63) is 24.3 Å². The fraction of sp³-hybridized carbons (Fsp3) is 0.400. The van der Waals surface area contributed by atoms with E-state index in [1.165, 1.54) is 12.8 Å². The van der Waals surface area contributed by atoms with Crippen LogP contribution in [-0.2, 0) is 7.05 Å². The summed E-state index contributed by atoms with van der Waals surface area (Å²) in [5.74, 6) is 0.611. The molecule has 2 heterocycles. The van der Waals surface area contributed by atoms with Crippen LogP contribution in [0.4, 0.5) is 5.95 Å². The number of unbranched alkanes of at least 4 members (excludes halogenated alkanes) is 2. The zero-order valence-corrected chi connectivity index (χ0v) is 11.9. The van der Waals surface area contributed by atoms with Crippen LogP contribution in [0.5, 0.6) is 0 Å². The van der Waals surface area contributed by atoms with Gasteiger partial charge in [0, 0.05) is 19.0 Å². The van der Waals surface area contributed by atoms with Crippen LogP contribution in [0.3, 0.4) is 0 Å². The first-order valence-electron chi connectivity index (χ1n) is 7.13. The Hall–Kier alpha value is -2.17. The Morgan fingerprint density at radius 1 is 1.15 bits per heavy atom. The van der Waals surface area contributed by atoms with Gasteiger partial charge in [-0.1, -0.05) is 38.0 Å². The lowest BCUT2D eigenvalue weighted by molar-refractivity contribution is 0.739. The van der Waals surface area contributed by atoms with Crippen molar-refractivity contribution < 1.29 is 0 Å². The monoisotopic (exact) mass is 269 g/mol. The van der Waals surface area contributed by atoms with E-state index < -0.39 is 0 Å². The molecule has 0 aliphatic heterocycles. The molecule has 0 spiro atoms. The van der Waals surface area contributed by atoms with Gasteiger partial charge >= 0.3 is 0 Å². The molecule has 0 radical (unpaired) electrons. The average Bonchev–Trinajstić information content (AvgIpc) is 2.77. The quantitative estimate of drug-likeness (QED) is 0.723. The number of aromatic nitrogens is 4. The molecule has 5 heteroatoms. The van der Waals surface area contributed by atoms with Crippen molar-refractivity contribution in [3.8, 4) is 0 Å². The summed E-state index contributed by atoms with van der Waals surface area (Å²) >= 11 is 0. The number of para-hydroxylation sites is 1. The van der Waals surface area contributed by atoms with E-state index >= 15 is 0 Å². The number of benzene rings is 1. The molecule has 0 aliphatic rings. The zero-order valence-electron chi connectivity index (χ0n) is 11.9. The number of fused-ring (bicyclic) bond motifs is 3. The highest BCUT2D eigenvalue weighted by molar-refractivity contribution is 6.04. The number of hydrogen-bond acceptors (Lipinski definition) is 4. The van der Waals surface area contributed by atoms with Crippen molar-refractivity contribution in [2.75, 3.05) is 11.9 Å². The molecule has 3 rings (SSSR count). The van der Waals surface area contributed by atoms with Crippen molar-refractivity contribution in [1.82, 2.24) is 19.7 Å². The second kappa shape index (κ2) is 5.45. The second-order valence-electron chi connectivity index (χ2n) is 5.02. The third-order valence-corrected chi connectivity index (χ3v) is 3.57. The summed E-state index contributed by atoms with van der Waals surface area (Å²) < 4.78 is 2.07. The van der Waals surface area contributed by atoms with Gasteiger partial charge in [-0.2, -0.15) is 4.98 Å². The molecule has 0 aliphatic carbocycles. The van der Waals surface area contributed by atoms with Crippen molar-refractivity contribution in [2.45, 2.75) is 26.2 Å². The lowest BCUT2D eigenvalue weighted by Gasteiger charge is -2.03. The number of nitrogens with zero attached hydrogens (tertiary/aromatic N) is 4. The van der Waals surface area contributed by atoms with E-state index in [4.69, 9.17) is 0 Å². The van der Waals surface area contributed by atoms with Crippen molar-refractivity contribution >= 4 is 28.0 Å². The molecule has 0 saturated carbocycles. The maximum Gasteiger partial charge on any atom is 0.244 e. The molecular weight excluding hydrogens is 250 g/mol. The second-order valence-corrected chi connectivity index (χ2v) is 5.02. The maximum absolute atomic E-state index is 4.59. The molecule has 0 unspecified atom stereocenters. The molecule has 5 nitrogen and oxygen atoms in total. The largest absolute Gasteiger partial charge is 0.353 e. The van der Waals surface area contributed by atoms with Crippen LogP contribution in [0.1, 0.15) is 26.2 Å². The SMILES string of the molecule is CCCCCNc1nnc2c3ccccc3n(C)c2n1. The van der Waals surface area contributed by atoms with Crippen LogP contribution in [0.25, 0.3) is 22.1 Å². The van der Waals surface area contributed by atoms with Gasteiger partial charge in [0.25, 0.3) is 0 Å². The third-order valence-electron chi connectivity index (χ3n) is 3.57. The van der Waals surface area contributed by atoms with Crippen LogP contribution < -0.4 is 5.32 Å². The molecule has 3 aromatic rings. The number of nitrogens with one attached hydrogen (secondary N) is 1. The Morgan fingerprint density at radius 3 is 2.85 bits per heavy atom. The van der Waals surface area contributed by atoms with Crippen LogP contribution in [0.15, 0.2) is 24.3 Å². The van der Waals surface area contributed by atoms with Crippen LogP contribution >= 0.6 is 0 Å². The minimum Gasteiger partial charge on any atom is -0.353 e. The van der Waals surface area contributed by atoms with Gasteiger partial charge in [-0.3, -0.25) is 0 Å². The van der Waals surface area contributed by atoms with Crippen LogP contribution in [0, 0.1) is 0 Å². The summed E-state index contributed by atoms with van der Waals surface area (Å²) in [7, 11) is 2.01. The predicted molar refractivity (Wildman–Crippen MR) is 81.8 cm³/mol. The minimum absolute atomic E-state index is 0.611. The highest BCUT2D eigenvalue weighted by Gasteiger charge is 2.11. The van der Waals surface area contributed by atoms with E-state index in [9.17, 15) is 0 Å².